The van der Waals surface area contributed by atoms with E-state index >= 15 is 0 Å². The highest BCUT2D eigenvalue weighted by molar-refractivity contribution is 5.90. The maximum absolute atomic E-state index is 12.2. The van der Waals surface area contributed by atoms with Crippen LogP contribution in [0.5, 0.6) is 0 Å². The van der Waals surface area contributed by atoms with Crippen LogP contribution in [0.25, 0.3) is 22.2 Å². The molecule has 0 saturated carbocycles. The van der Waals surface area contributed by atoms with Crippen LogP contribution in [0.2, 0.25) is 0 Å². The molecule has 0 aliphatic heterocycles. The molecular formula is C25H30N8O3. The molecule has 1 atom stereocenters. The van der Waals surface area contributed by atoms with Crippen molar-refractivity contribution in [1.82, 2.24) is 30.6 Å². The van der Waals surface area contributed by atoms with E-state index in [1.54, 1.807) is 12.3 Å². The minimum atomic E-state index is -0.222. The lowest BCUT2D eigenvalue weighted by Crippen LogP contribution is -2.26. The van der Waals surface area contributed by atoms with Gasteiger partial charge in [0.25, 0.3) is 5.56 Å². The van der Waals surface area contributed by atoms with Gasteiger partial charge in [0, 0.05) is 49.1 Å². The number of hydrogen-bond acceptors (Lipinski definition) is 9. The number of nitrogens with one attached hydrogen (secondary N) is 4. The minimum Gasteiger partial charge on any atom is -0.368 e. The van der Waals surface area contributed by atoms with Gasteiger partial charge < -0.3 is 20.5 Å². The van der Waals surface area contributed by atoms with E-state index < -0.39 is 0 Å². The normalized spacial score (nSPS) is 11.8. The third-order valence-corrected chi connectivity index (χ3v) is 5.73. The van der Waals surface area contributed by atoms with E-state index in [2.05, 4.69) is 55.1 Å². The number of amides is 1. The average molecular weight is 491 g/mol. The number of carbonyl (C=O) groups excluding carboxylic acids is 1. The Morgan fingerprint density at radius 3 is 2.75 bits per heavy atom. The number of anilines is 2. The molecule has 1 amide bonds. The molecule has 3 heterocycles. The number of aryl methyl sites for hydroxylation is 1. The molecular weight excluding hydrogens is 460 g/mol. The minimum absolute atomic E-state index is 0.0931. The summed E-state index contributed by atoms with van der Waals surface area (Å²) in [6.45, 7) is 5.31. The van der Waals surface area contributed by atoms with Crippen LogP contribution < -0.4 is 21.5 Å². The van der Waals surface area contributed by atoms with E-state index in [-0.39, 0.29) is 17.9 Å². The summed E-state index contributed by atoms with van der Waals surface area (Å²) in [6, 6.07) is 11.4. The molecule has 3 aromatic heterocycles. The first-order valence-electron chi connectivity index (χ1n) is 12.1. The summed E-state index contributed by atoms with van der Waals surface area (Å²) in [5.74, 6) is 2.17. The molecule has 4 N–H and O–H groups in total. The van der Waals surface area contributed by atoms with Gasteiger partial charge in [-0.05, 0) is 38.0 Å². The van der Waals surface area contributed by atoms with E-state index in [0.717, 1.165) is 23.2 Å². The van der Waals surface area contributed by atoms with Crippen molar-refractivity contribution in [3.63, 3.8) is 0 Å². The second-order valence-electron chi connectivity index (χ2n) is 8.47. The second kappa shape index (κ2) is 11.9. The molecule has 11 heteroatoms. The first-order valence-corrected chi connectivity index (χ1v) is 12.1. The van der Waals surface area contributed by atoms with Crippen LogP contribution in [0.15, 0.2) is 51.9 Å². The van der Waals surface area contributed by atoms with Crippen molar-refractivity contribution in [3.8, 4) is 11.4 Å². The highest BCUT2D eigenvalue weighted by Gasteiger charge is 2.12. The molecule has 0 aliphatic rings. The van der Waals surface area contributed by atoms with Crippen molar-refractivity contribution in [2.45, 2.75) is 45.6 Å². The maximum Gasteiger partial charge on any atom is 0.272 e. The molecule has 4 aromatic rings. The van der Waals surface area contributed by atoms with E-state index in [0.29, 0.717) is 54.9 Å². The van der Waals surface area contributed by atoms with Crippen LogP contribution in [-0.2, 0) is 11.2 Å². The van der Waals surface area contributed by atoms with Gasteiger partial charge in [-0.15, -0.1) is 0 Å². The number of aromatic nitrogens is 5. The van der Waals surface area contributed by atoms with E-state index in [1.165, 1.54) is 0 Å². The van der Waals surface area contributed by atoms with Crippen LogP contribution in [0, 0.1) is 0 Å². The Bertz CT molecular complexity index is 1350. The zero-order chi connectivity index (χ0) is 25.3. The van der Waals surface area contributed by atoms with Crippen LogP contribution >= 0.6 is 0 Å². The third-order valence-electron chi connectivity index (χ3n) is 5.73. The predicted octanol–water partition coefficient (Wildman–Crippen LogP) is 3.13. The average Bonchev–Trinajstić information content (AvgIpc) is 3.38. The quantitative estimate of drug-likeness (QED) is 0.220. The van der Waals surface area contributed by atoms with Gasteiger partial charge in [0.1, 0.15) is 5.82 Å². The zero-order valence-electron chi connectivity index (χ0n) is 20.4. The lowest BCUT2D eigenvalue weighted by Gasteiger charge is -2.11. The van der Waals surface area contributed by atoms with E-state index in [4.69, 9.17) is 4.52 Å². The van der Waals surface area contributed by atoms with Gasteiger partial charge in [-0.25, -0.2) is 10.1 Å². The van der Waals surface area contributed by atoms with Crippen molar-refractivity contribution in [2.75, 3.05) is 23.7 Å². The van der Waals surface area contributed by atoms with Crippen LogP contribution in [0.3, 0.4) is 0 Å². The summed E-state index contributed by atoms with van der Waals surface area (Å²) in [6.07, 6.45) is 4.00. The summed E-state index contributed by atoms with van der Waals surface area (Å²) in [5.41, 5.74) is 0.530. The number of H-pyrrole nitrogens is 1. The predicted molar refractivity (Wildman–Crippen MR) is 138 cm³/mol. The van der Waals surface area contributed by atoms with Crippen molar-refractivity contribution in [3.05, 3.63) is 58.8 Å². The molecule has 11 nitrogen and oxygen atoms in total. The molecule has 0 aliphatic carbocycles. The van der Waals surface area contributed by atoms with Gasteiger partial charge in [-0.2, -0.15) is 10.1 Å². The maximum atomic E-state index is 12.2. The number of nitrogens with zero attached hydrogens (tertiary/aromatic N) is 4. The molecule has 188 valence electrons. The van der Waals surface area contributed by atoms with Crippen molar-refractivity contribution in [1.29, 1.82) is 0 Å². The third kappa shape index (κ3) is 6.44. The van der Waals surface area contributed by atoms with Crippen molar-refractivity contribution in [2.24, 2.45) is 0 Å². The molecule has 4 rings (SSSR count). The fourth-order valence-electron chi connectivity index (χ4n) is 3.52. The number of rotatable bonds is 12. The monoisotopic (exact) mass is 490 g/mol. The van der Waals surface area contributed by atoms with Crippen LogP contribution in [0.4, 0.5) is 11.6 Å². The Labute approximate surface area is 208 Å². The summed E-state index contributed by atoms with van der Waals surface area (Å²) in [5, 5.41) is 21.3. The Kier molecular flexibility index (Phi) is 8.22. The SMILES string of the molecule is CCC(C)Nc1ccc(-c2noc(CCC(=O)NCCCNc3n[nH]c(=O)c4ccccc34)n2)cn1. The standard InChI is InChI=1S/C25H30N8O3/c1-3-16(2)29-20-10-9-17(15-28-20)23-30-22(36-33-23)12-11-21(34)26-13-6-14-27-24-18-7-4-5-8-19(18)25(35)32-31-24/h4-5,7-10,15-16H,3,6,11-14H2,1-2H3,(H,26,34)(H,27,31)(H,28,29)(H,32,35). The zero-order valence-corrected chi connectivity index (χ0v) is 20.4. The second-order valence-corrected chi connectivity index (χ2v) is 8.47. The van der Waals surface area contributed by atoms with E-state index in [9.17, 15) is 9.59 Å². The first-order chi connectivity index (χ1) is 17.5. The Morgan fingerprint density at radius 1 is 1.14 bits per heavy atom. The molecule has 0 spiro atoms. The van der Waals surface area contributed by atoms with Gasteiger partial charge >= 0.3 is 0 Å². The molecule has 1 unspecified atom stereocenters. The molecule has 0 saturated heterocycles. The summed E-state index contributed by atoms with van der Waals surface area (Å²) in [7, 11) is 0. The van der Waals surface area contributed by atoms with Crippen LogP contribution in [0.1, 0.15) is 39.0 Å². The lowest BCUT2D eigenvalue weighted by molar-refractivity contribution is -0.121. The van der Waals surface area contributed by atoms with Gasteiger partial charge in [-0.1, -0.05) is 30.3 Å². The Hall–Kier alpha value is -4.28. The molecule has 0 bridgehead atoms. The highest BCUT2D eigenvalue weighted by Crippen LogP contribution is 2.18. The number of benzene rings is 1. The van der Waals surface area contributed by atoms with Crippen molar-refractivity contribution < 1.29 is 9.32 Å². The number of aromatic amines is 1. The number of hydrogen-bond donors (Lipinski definition) is 4. The number of carbonyl (C=O) groups is 1. The smallest absolute Gasteiger partial charge is 0.272 e. The Balaban J connectivity index is 1.17. The topological polar surface area (TPSA) is 151 Å². The largest absolute Gasteiger partial charge is 0.368 e. The van der Waals surface area contributed by atoms with Gasteiger partial charge in [-0.3, -0.25) is 9.59 Å². The number of fused-ring (bicyclic) bond motifs is 1. The molecule has 1 aromatic carbocycles. The van der Waals surface area contributed by atoms with Crippen LogP contribution in [-0.4, -0.2) is 50.4 Å². The molecule has 36 heavy (non-hydrogen) atoms. The summed E-state index contributed by atoms with van der Waals surface area (Å²) in [4.78, 5) is 32.8. The lowest BCUT2D eigenvalue weighted by atomic mass is 10.2. The molecule has 0 radical (unpaired) electrons. The summed E-state index contributed by atoms with van der Waals surface area (Å²) >= 11 is 0. The van der Waals surface area contributed by atoms with Gasteiger partial charge in [0.05, 0.1) is 5.39 Å². The summed E-state index contributed by atoms with van der Waals surface area (Å²) < 4.78 is 5.29. The first kappa shape index (κ1) is 24.8. The van der Waals surface area contributed by atoms with Crippen molar-refractivity contribution >= 4 is 28.3 Å². The van der Waals surface area contributed by atoms with Gasteiger partial charge in [0.2, 0.25) is 17.6 Å². The Morgan fingerprint density at radius 2 is 1.97 bits per heavy atom. The van der Waals surface area contributed by atoms with E-state index in [1.807, 2.05) is 30.3 Å². The fourth-order valence-corrected chi connectivity index (χ4v) is 3.52. The van der Waals surface area contributed by atoms with Gasteiger partial charge in [0.15, 0.2) is 5.82 Å². The number of pyridine rings is 1. The highest BCUT2D eigenvalue weighted by atomic mass is 16.5. The fraction of sp³-hybridized carbons (Fsp3) is 0.360. The molecule has 0 fully saturated rings.